The Morgan fingerprint density at radius 3 is 2.52 bits per heavy atom. The average Bonchev–Trinajstić information content (AvgIpc) is 2.97. The highest BCUT2D eigenvalue weighted by molar-refractivity contribution is 8.18. The fourth-order valence-corrected chi connectivity index (χ4v) is 3.57. The number of carbonyl (C=O) groups is 3. The highest BCUT2D eigenvalue weighted by Crippen LogP contribution is 2.35. The molecule has 162 valence electrons. The topological polar surface area (TPSA) is 84.9 Å². The number of hydrogen-bond donors (Lipinski definition) is 1. The molecule has 0 saturated carbocycles. The molecule has 0 unspecified atom stereocenters. The van der Waals surface area contributed by atoms with Gasteiger partial charge in [0.15, 0.2) is 11.5 Å². The fourth-order valence-electron chi connectivity index (χ4n) is 2.74. The van der Waals surface area contributed by atoms with Gasteiger partial charge in [0.25, 0.3) is 11.1 Å². The molecule has 1 heterocycles. The zero-order valence-electron chi connectivity index (χ0n) is 16.6. The lowest BCUT2D eigenvalue weighted by molar-refractivity contribution is -0.127. The first-order chi connectivity index (χ1) is 14.8. The molecule has 0 atom stereocenters. The number of rotatable bonds is 7. The second kappa shape index (κ2) is 9.61. The Bertz CT molecular complexity index is 1040. The summed E-state index contributed by atoms with van der Waals surface area (Å²) in [4.78, 5) is 38.0. The van der Waals surface area contributed by atoms with Crippen molar-refractivity contribution in [3.8, 4) is 11.5 Å². The Morgan fingerprint density at radius 2 is 1.87 bits per heavy atom. The summed E-state index contributed by atoms with van der Waals surface area (Å²) >= 11 is 0.682. The summed E-state index contributed by atoms with van der Waals surface area (Å²) in [7, 11) is 1.29. The molecule has 3 rings (SSSR count). The lowest BCUT2D eigenvalue weighted by atomic mass is 10.2. The van der Waals surface area contributed by atoms with Crippen LogP contribution in [-0.2, 0) is 9.59 Å². The molecule has 2 aromatic carbocycles. The number of halogens is 2. The third-order valence-electron chi connectivity index (χ3n) is 4.21. The summed E-state index contributed by atoms with van der Waals surface area (Å²) in [6.07, 6.45) is 1.41. The Hall–Kier alpha value is -3.40. The number of alkyl halides is 2. The van der Waals surface area contributed by atoms with Crippen LogP contribution in [0.4, 0.5) is 19.3 Å². The van der Waals surface area contributed by atoms with Gasteiger partial charge in [0.05, 0.1) is 12.0 Å². The van der Waals surface area contributed by atoms with E-state index >= 15 is 0 Å². The highest BCUT2D eigenvalue weighted by Gasteiger charge is 2.36. The number of ether oxygens (including phenoxy) is 2. The van der Waals surface area contributed by atoms with E-state index in [1.165, 1.54) is 31.4 Å². The number of hydrogen-bond acceptors (Lipinski definition) is 6. The van der Waals surface area contributed by atoms with Crippen molar-refractivity contribution in [1.82, 2.24) is 4.90 Å². The molecule has 0 aliphatic carbocycles. The second-order valence-corrected chi connectivity index (χ2v) is 7.46. The van der Waals surface area contributed by atoms with Crippen molar-refractivity contribution >= 4 is 40.6 Å². The Kier molecular flexibility index (Phi) is 6.91. The van der Waals surface area contributed by atoms with Crippen molar-refractivity contribution in [2.24, 2.45) is 0 Å². The number of methoxy groups -OCH3 is 1. The van der Waals surface area contributed by atoms with Gasteiger partial charge in [-0.05, 0) is 54.6 Å². The van der Waals surface area contributed by atoms with Crippen LogP contribution >= 0.6 is 11.8 Å². The van der Waals surface area contributed by atoms with Crippen molar-refractivity contribution in [2.75, 3.05) is 19.0 Å². The zero-order valence-corrected chi connectivity index (χ0v) is 17.4. The fraction of sp³-hybridized carbons (Fsp3) is 0.190. The van der Waals surface area contributed by atoms with Crippen molar-refractivity contribution in [3.05, 3.63) is 58.5 Å². The molecule has 3 amide bonds. The Balaban J connectivity index is 1.71. The molecule has 1 N–H and O–H groups in total. The minimum atomic E-state index is -3.01. The number of nitrogens with zero attached hydrogens (tertiary/aromatic N) is 1. The Labute approximate surface area is 181 Å². The summed E-state index contributed by atoms with van der Waals surface area (Å²) in [5.41, 5.74) is 2.02. The summed E-state index contributed by atoms with van der Waals surface area (Å²) < 4.78 is 34.3. The molecule has 1 aliphatic rings. The first-order valence-electron chi connectivity index (χ1n) is 9.01. The number of thioether (sulfide) groups is 1. The molecule has 0 radical (unpaired) electrons. The van der Waals surface area contributed by atoms with E-state index in [1.54, 1.807) is 12.1 Å². The van der Waals surface area contributed by atoms with Crippen LogP contribution in [0.1, 0.15) is 11.1 Å². The molecule has 0 aromatic heterocycles. The molecule has 0 bridgehead atoms. The van der Waals surface area contributed by atoms with Gasteiger partial charge in [-0.25, -0.2) is 0 Å². The largest absolute Gasteiger partial charge is 0.493 e. The predicted octanol–water partition coefficient (Wildman–Crippen LogP) is 4.28. The van der Waals surface area contributed by atoms with Crippen LogP contribution in [-0.4, -0.2) is 42.2 Å². The van der Waals surface area contributed by atoms with Gasteiger partial charge in [-0.3, -0.25) is 19.3 Å². The van der Waals surface area contributed by atoms with Crippen molar-refractivity contribution in [2.45, 2.75) is 13.5 Å². The number of aryl methyl sites for hydroxylation is 1. The highest BCUT2D eigenvalue weighted by atomic mass is 32.2. The van der Waals surface area contributed by atoms with Crippen LogP contribution in [0.2, 0.25) is 0 Å². The van der Waals surface area contributed by atoms with E-state index < -0.39 is 30.2 Å². The summed E-state index contributed by atoms with van der Waals surface area (Å²) in [5, 5.41) is 2.05. The lowest BCUT2D eigenvalue weighted by Gasteiger charge is -2.12. The maximum absolute atomic E-state index is 12.6. The van der Waals surface area contributed by atoms with Gasteiger partial charge >= 0.3 is 6.61 Å². The molecule has 31 heavy (non-hydrogen) atoms. The van der Waals surface area contributed by atoms with Gasteiger partial charge in [0.2, 0.25) is 5.91 Å². The minimum Gasteiger partial charge on any atom is -0.493 e. The van der Waals surface area contributed by atoms with Crippen molar-refractivity contribution < 1.29 is 32.6 Å². The Morgan fingerprint density at radius 1 is 1.16 bits per heavy atom. The van der Waals surface area contributed by atoms with E-state index in [2.05, 4.69) is 10.1 Å². The third-order valence-corrected chi connectivity index (χ3v) is 5.12. The van der Waals surface area contributed by atoms with Gasteiger partial charge in [0, 0.05) is 5.69 Å². The van der Waals surface area contributed by atoms with E-state index in [4.69, 9.17) is 4.74 Å². The minimum absolute atomic E-state index is 0.0470. The standard InChI is InChI=1S/C21H18F2N2O5S/c1-12-3-6-14(7-4-12)24-18(26)11-25-19(27)17(31-21(25)28)10-13-5-8-15(30-20(22)23)16(9-13)29-2/h3-10,20H,11H2,1-2H3,(H,24,26)/b17-10-. The van der Waals surface area contributed by atoms with Crippen LogP contribution in [0.3, 0.4) is 0 Å². The van der Waals surface area contributed by atoms with Gasteiger partial charge in [-0.15, -0.1) is 0 Å². The van der Waals surface area contributed by atoms with Crippen molar-refractivity contribution in [1.29, 1.82) is 0 Å². The van der Waals surface area contributed by atoms with E-state index in [1.807, 2.05) is 19.1 Å². The zero-order chi connectivity index (χ0) is 22.5. The quantitative estimate of drug-likeness (QED) is 0.637. The number of amides is 3. The molecular formula is C21H18F2N2O5S. The van der Waals surface area contributed by atoms with E-state index in [9.17, 15) is 23.2 Å². The SMILES string of the molecule is COc1cc(/C=C2\SC(=O)N(CC(=O)Nc3ccc(C)cc3)C2=O)ccc1OC(F)F. The normalized spacial score (nSPS) is 15.0. The molecule has 1 saturated heterocycles. The number of imide groups is 1. The monoisotopic (exact) mass is 448 g/mol. The summed E-state index contributed by atoms with van der Waals surface area (Å²) in [6.45, 7) is -1.53. The van der Waals surface area contributed by atoms with E-state index in [-0.39, 0.29) is 16.4 Å². The number of anilines is 1. The second-order valence-electron chi connectivity index (χ2n) is 6.47. The van der Waals surface area contributed by atoms with E-state index in [0.717, 1.165) is 10.5 Å². The maximum atomic E-state index is 12.6. The molecule has 1 fully saturated rings. The number of carbonyl (C=O) groups excluding carboxylic acids is 3. The van der Waals surface area contributed by atoms with Gasteiger partial charge in [0.1, 0.15) is 6.54 Å². The molecule has 0 spiro atoms. The van der Waals surface area contributed by atoms with Gasteiger partial charge in [-0.1, -0.05) is 23.8 Å². The van der Waals surface area contributed by atoms with Crippen LogP contribution in [0, 0.1) is 6.92 Å². The number of nitrogens with one attached hydrogen (secondary N) is 1. The maximum Gasteiger partial charge on any atom is 0.387 e. The smallest absolute Gasteiger partial charge is 0.387 e. The van der Waals surface area contributed by atoms with Gasteiger partial charge < -0.3 is 14.8 Å². The van der Waals surface area contributed by atoms with Crippen LogP contribution in [0.25, 0.3) is 6.08 Å². The first-order valence-corrected chi connectivity index (χ1v) is 9.83. The average molecular weight is 448 g/mol. The van der Waals surface area contributed by atoms with Crippen molar-refractivity contribution in [3.63, 3.8) is 0 Å². The summed E-state index contributed by atoms with van der Waals surface area (Å²) in [5.74, 6) is -1.25. The first kappa shape index (κ1) is 22.3. The van der Waals surface area contributed by atoms with Crippen LogP contribution in [0.5, 0.6) is 11.5 Å². The summed E-state index contributed by atoms with van der Waals surface area (Å²) in [6, 6.07) is 11.2. The van der Waals surface area contributed by atoms with Crippen LogP contribution < -0.4 is 14.8 Å². The molecule has 10 heteroatoms. The van der Waals surface area contributed by atoms with Crippen LogP contribution in [0.15, 0.2) is 47.4 Å². The third kappa shape index (κ3) is 5.60. The molecular weight excluding hydrogens is 430 g/mol. The van der Waals surface area contributed by atoms with Gasteiger partial charge in [-0.2, -0.15) is 8.78 Å². The predicted molar refractivity (Wildman–Crippen MR) is 112 cm³/mol. The number of benzene rings is 2. The molecule has 7 nitrogen and oxygen atoms in total. The lowest BCUT2D eigenvalue weighted by Crippen LogP contribution is -2.36. The van der Waals surface area contributed by atoms with E-state index in [0.29, 0.717) is 23.0 Å². The molecule has 1 aliphatic heterocycles. The molecule has 2 aromatic rings.